The summed E-state index contributed by atoms with van der Waals surface area (Å²) in [6, 6.07) is 0. The van der Waals surface area contributed by atoms with Crippen LogP contribution in [-0.4, -0.2) is 35.6 Å². The summed E-state index contributed by atoms with van der Waals surface area (Å²) in [5.74, 6) is 0.869. The van der Waals surface area contributed by atoms with Crippen molar-refractivity contribution >= 4 is 0 Å². The van der Waals surface area contributed by atoms with Gasteiger partial charge in [0.15, 0.2) is 0 Å². The van der Waals surface area contributed by atoms with E-state index in [2.05, 4.69) is 20.8 Å². The summed E-state index contributed by atoms with van der Waals surface area (Å²) in [5, 5.41) is 18.4. The van der Waals surface area contributed by atoms with Crippen LogP contribution < -0.4 is 0 Å². The molecule has 0 aromatic rings. The Kier molecular flexibility index (Phi) is 21.5. The van der Waals surface area contributed by atoms with Gasteiger partial charge in [0, 0.05) is 0 Å². The first-order chi connectivity index (χ1) is 13.6. The molecule has 0 bridgehead atoms. The third kappa shape index (κ3) is 20.6. The second kappa shape index (κ2) is 21.6. The smallest absolute Gasteiger partial charge is 0.100 e. The third-order valence-corrected chi connectivity index (χ3v) is 5.67. The zero-order valence-corrected chi connectivity index (χ0v) is 19.5. The molecule has 0 fully saturated rings. The lowest BCUT2D eigenvalue weighted by Crippen LogP contribution is -2.24. The molecule has 2 N–H and O–H groups in total. The molecule has 28 heavy (non-hydrogen) atoms. The molecule has 3 nitrogen and oxygen atoms in total. The van der Waals surface area contributed by atoms with Crippen LogP contribution in [0.25, 0.3) is 0 Å². The SMILES string of the molecule is CCCCC(CCCCCCCCCCCCCCC(C)C)OCC(O)CO. The van der Waals surface area contributed by atoms with E-state index in [0.29, 0.717) is 0 Å². The van der Waals surface area contributed by atoms with E-state index in [1.165, 1.54) is 96.3 Å². The topological polar surface area (TPSA) is 49.7 Å². The van der Waals surface area contributed by atoms with Crippen molar-refractivity contribution < 1.29 is 14.9 Å². The highest BCUT2D eigenvalue weighted by Crippen LogP contribution is 2.17. The summed E-state index contributed by atoms with van der Waals surface area (Å²) in [5.41, 5.74) is 0. The maximum absolute atomic E-state index is 9.46. The lowest BCUT2D eigenvalue weighted by molar-refractivity contribution is -0.0349. The van der Waals surface area contributed by atoms with Crippen LogP contribution >= 0.6 is 0 Å². The maximum atomic E-state index is 9.46. The first-order valence-corrected chi connectivity index (χ1v) is 12.5. The summed E-state index contributed by atoms with van der Waals surface area (Å²) in [6.07, 6.45) is 22.1. The number of unbranched alkanes of at least 4 members (excludes halogenated alkanes) is 12. The molecule has 0 aliphatic heterocycles. The van der Waals surface area contributed by atoms with E-state index in [-0.39, 0.29) is 19.3 Å². The van der Waals surface area contributed by atoms with Crippen LogP contribution in [0, 0.1) is 5.92 Å². The van der Waals surface area contributed by atoms with E-state index < -0.39 is 6.10 Å². The Morgan fingerprint density at radius 1 is 0.643 bits per heavy atom. The van der Waals surface area contributed by atoms with Gasteiger partial charge < -0.3 is 14.9 Å². The van der Waals surface area contributed by atoms with Gasteiger partial charge in [-0.15, -0.1) is 0 Å². The van der Waals surface area contributed by atoms with Gasteiger partial charge >= 0.3 is 0 Å². The quantitative estimate of drug-likeness (QED) is 0.192. The number of hydrogen-bond donors (Lipinski definition) is 2. The lowest BCUT2D eigenvalue weighted by Gasteiger charge is -2.19. The fourth-order valence-corrected chi connectivity index (χ4v) is 3.74. The summed E-state index contributed by atoms with van der Waals surface area (Å²) in [7, 11) is 0. The first-order valence-electron chi connectivity index (χ1n) is 12.5. The van der Waals surface area contributed by atoms with Crippen molar-refractivity contribution in [3.8, 4) is 0 Å². The third-order valence-electron chi connectivity index (χ3n) is 5.67. The molecule has 0 rings (SSSR count). The number of aliphatic hydroxyl groups excluding tert-OH is 2. The van der Waals surface area contributed by atoms with Crippen LogP contribution in [0.4, 0.5) is 0 Å². The van der Waals surface area contributed by atoms with Crippen molar-refractivity contribution in [2.45, 2.75) is 142 Å². The van der Waals surface area contributed by atoms with E-state index in [9.17, 15) is 5.11 Å². The zero-order chi connectivity index (χ0) is 20.9. The lowest BCUT2D eigenvalue weighted by atomic mass is 10.0. The number of aliphatic hydroxyl groups is 2. The van der Waals surface area contributed by atoms with Crippen LogP contribution in [0.5, 0.6) is 0 Å². The Balaban J connectivity index is 3.42. The van der Waals surface area contributed by atoms with Gasteiger partial charge in [0.25, 0.3) is 0 Å². The van der Waals surface area contributed by atoms with Crippen LogP contribution in [0.15, 0.2) is 0 Å². The molecule has 170 valence electrons. The Morgan fingerprint density at radius 3 is 1.50 bits per heavy atom. The predicted molar refractivity (Wildman–Crippen MR) is 122 cm³/mol. The average molecular weight is 401 g/mol. The Labute approximate surface area is 176 Å². The summed E-state index contributed by atoms with van der Waals surface area (Å²) >= 11 is 0. The minimum absolute atomic E-state index is 0.210. The summed E-state index contributed by atoms with van der Waals surface area (Å²) in [4.78, 5) is 0. The largest absolute Gasteiger partial charge is 0.394 e. The molecule has 0 aliphatic carbocycles. The molecule has 0 heterocycles. The number of hydrogen-bond acceptors (Lipinski definition) is 3. The van der Waals surface area contributed by atoms with Gasteiger partial charge in [0.1, 0.15) is 6.10 Å². The standard InChI is InChI=1S/C25H52O3/c1-4-5-19-25(28-22-24(27)21-26)20-17-15-13-11-9-7-6-8-10-12-14-16-18-23(2)3/h23-27H,4-22H2,1-3H3. The van der Waals surface area contributed by atoms with E-state index in [4.69, 9.17) is 9.84 Å². The first kappa shape index (κ1) is 27.9. The minimum atomic E-state index is -0.732. The molecular formula is C25H52O3. The van der Waals surface area contributed by atoms with Crippen molar-refractivity contribution in [1.82, 2.24) is 0 Å². The van der Waals surface area contributed by atoms with Crippen LogP contribution in [0.2, 0.25) is 0 Å². The molecule has 2 atom stereocenters. The van der Waals surface area contributed by atoms with Crippen molar-refractivity contribution in [1.29, 1.82) is 0 Å². The predicted octanol–water partition coefficient (Wildman–Crippen LogP) is 7.03. The van der Waals surface area contributed by atoms with Crippen LogP contribution in [0.1, 0.15) is 130 Å². The maximum Gasteiger partial charge on any atom is 0.100 e. The van der Waals surface area contributed by atoms with E-state index >= 15 is 0 Å². The average Bonchev–Trinajstić information content (AvgIpc) is 2.68. The fourth-order valence-electron chi connectivity index (χ4n) is 3.74. The molecular weight excluding hydrogens is 348 g/mol. The molecule has 0 saturated carbocycles. The highest BCUT2D eigenvalue weighted by molar-refractivity contribution is 4.61. The molecule has 3 heteroatoms. The Hall–Kier alpha value is -0.120. The molecule has 0 aliphatic rings. The van der Waals surface area contributed by atoms with Crippen LogP contribution in [0.3, 0.4) is 0 Å². The van der Waals surface area contributed by atoms with E-state index in [1.54, 1.807) is 0 Å². The fraction of sp³-hybridized carbons (Fsp3) is 1.00. The molecule has 0 radical (unpaired) electrons. The number of ether oxygens (including phenoxy) is 1. The Morgan fingerprint density at radius 2 is 1.07 bits per heavy atom. The normalized spacial score (nSPS) is 13.9. The monoisotopic (exact) mass is 400 g/mol. The molecule has 0 aromatic carbocycles. The van der Waals surface area contributed by atoms with Crippen molar-refractivity contribution in [3.63, 3.8) is 0 Å². The van der Waals surface area contributed by atoms with Gasteiger partial charge in [-0.25, -0.2) is 0 Å². The molecule has 0 aromatic heterocycles. The van der Waals surface area contributed by atoms with Gasteiger partial charge in [-0.1, -0.05) is 117 Å². The molecule has 0 amide bonds. The van der Waals surface area contributed by atoms with Crippen LogP contribution in [-0.2, 0) is 4.74 Å². The molecule has 0 spiro atoms. The van der Waals surface area contributed by atoms with Gasteiger partial charge in [-0.3, -0.25) is 0 Å². The summed E-state index contributed by atoms with van der Waals surface area (Å²) < 4.78 is 5.81. The van der Waals surface area contributed by atoms with Gasteiger partial charge in [0.05, 0.1) is 19.3 Å². The van der Waals surface area contributed by atoms with Gasteiger partial charge in [-0.2, -0.15) is 0 Å². The Bertz CT molecular complexity index is 294. The van der Waals surface area contributed by atoms with Gasteiger partial charge in [0.2, 0.25) is 0 Å². The van der Waals surface area contributed by atoms with Crippen molar-refractivity contribution in [2.24, 2.45) is 5.92 Å². The molecule has 0 saturated heterocycles. The van der Waals surface area contributed by atoms with E-state index in [1.807, 2.05) is 0 Å². The summed E-state index contributed by atoms with van der Waals surface area (Å²) in [6.45, 7) is 6.90. The minimum Gasteiger partial charge on any atom is -0.394 e. The van der Waals surface area contributed by atoms with Crippen molar-refractivity contribution in [3.05, 3.63) is 0 Å². The number of rotatable bonds is 22. The highest BCUT2D eigenvalue weighted by atomic mass is 16.5. The molecule has 2 unspecified atom stereocenters. The van der Waals surface area contributed by atoms with E-state index in [0.717, 1.165) is 18.8 Å². The second-order valence-corrected chi connectivity index (χ2v) is 9.15. The highest BCUT2D eigenvalue weighted by Gasteiger charge is 2.11. The van der Waals surface area contributed by atoms with Gasteiger partial charge in [-0.05, 0) is 18.8 Å². The van der Waals surface area contributed by atoms with Crippen molar-refractivity contribution in [2.75, 3.05) is 13.2 Å². The second-order valence-electron chi connectivity index (χ2n) is 9.15. The zero-order valence-electron chi connectivity index (χ0n) is 19.5.